The van der Waals surface area contributed by atoms with Crippen LogP contribution in [0, 0.1) is 0 Å². The van der Waals surface area contributed by atoms with Crippen molar-refractivity contribution in [2.75, 3.05) is 7.11 Å². The molecule has 1 N–H and O–H groups in total. The van der Waals surface area contributed by atoms with Gasteiger partial charge in [0, 0.05) is 4.88 Å². The smallest absolute Gasteiger partial charge is 0.373 e. The van der Waals surface area contributed by atoms with Crippen LogP contribution in [-0.4, -0.2) is 18.2 Å². The van der Waals surface area contributed by atoms with Gasteiger partial charge in [-0.1, -0.05) is 6.07 Å². The molecular weight excluding hydrogens is 240 g/mol. The van der Waals surface area contributed by atoms with Gasteiger partial charge >= 0.3 is 5.97 Å². The van der Waals surface area contributed by atoms with Gasteiger partial charge < -0.3 is 14.3 Å². The Kier molecular flexibility index (Phi) is 3.04. The molecule has 2 heterocycles. The molecule has 2 aromatic rings. The first-order valence-electron chi connectivity index (χ1n) is 5.00. The third-order valence-electron chi connectivity index (χ3n) is 2.47. The van der Waals surface area contributed by atoms with E-state index in [1.807, 2.05) is 17.5 Å². The van der Waals surface area contributed by atoms with Crippen molar-refractivity contribution in [3.63, 3.8) is 0 Å². The fourth-order valence-electron chi connectivity index (χ4n) is 1.49. The van der Waals surface area contributed by atoms with Gasteiger partial charge in [-0.15, -0.1) is 11.3 Å². The van der Waals surface area contributed by atoms with E-state index in [0.717, 1.165) is 4.88 Å². The van der Waals surface area contributed by atoms with Gasteiger partial charge in [-0.3, -0.25) is 0 Å². The summed E-state index contributed by atoms with van der Waals surface area (Å²) < 4.78 is 9.85. The molecule has 0 saturated heterocycles. The Morgan fingerprint density at radius 1 is 1.47 bits per heavy atom. The molecule has 0 aliphatic heterocycles. The van der Waals surface area contributed by atoms with Crippen LogP contribution in [0.4, 0.5) is 0 Å². The molecule has 0 saturated carbocycles. The Hall–Kier alpha value is -1.59. The minimum atomic E-state index is -1.24. The van der Waals surface area contributed by atoms with Crippen molar-refractivity contribution in [2.45, 2.75) is 12.5 Å². The summed E-state index contributed by atoms with van der Waals surface area (Å²) in [5, 5.41) is 12.2. The van der Waals surface area contributed by atoms with Crippen LogP contribution in [0.25, 0.3) is 0 Å². The molecule has 5 heteroatoms. The summed E-state index contributed by atoms with van der Waals surface area (Å²) in [6, 6.07) is 6.72. The molecule has 0 bridgehead atoms. The summed E-state index contributed by atoms with van der Waals surface area (Å²) in [4.78, 5) is 12.0. The van der Waals surface area contributed by atoms with E-state index < -0.39 is 11.6 Å². The minimum absolute atomic E-state index is 0.0827. The average molecular weight is 252 g/mol. The van der Waals surface area contributed by atoms with E-state index in [1.165, 1.54) is 24.5 Å². The lowest BCUT2D eigenvalue weighted by molar-refractivity contribution is 0.0527. The van der Waals surface area contributed by atoms with Crippen LogP contribution in [0.3, 0.4) is 0 Å². The number of carbonyl (C=O) groups is 1. The zero-order chi connectivity index (χ0) is 12.5. The zero-order valence-electron chi connectivity index (χ0n) is 9.47. The van der Waals surface area contributed by atoms with E-state index in [-0.39, 0.29) is 5.76 Å². The van der Waals surface area contributed by atoms with Gasteiger partial charge in [0.25, 0.3) is 0 Å². The Morgan fingerprint density at radius 2 is 2.24 bits per heavy atom. The highest BCUT2D eigenvalue weighted by atomic mass is 32.1. The normalized spacial score (nSPS) is 14.3. The molecule has 0 radical (unpaired) electrons. The lowest BCUT2D eigenvalue weighted by Crippen LogP contribution is -2.20. The van der Waals surface area contributed by atoms with Crippen molar-refractivity contribution in [2.24, 2.45) is 0 Å². The molecule has 0 amide bonds. The first-order chi connectivity index (χ1) is 8.05. The Morgan fingerprint density at radius 3 is 2.82 bits per heavy atom. The van der Waals surface area contributed by atoms with Crippen molar-refractivity contribution in [3.8, 4) is 0 Å². The van der Waals surface area contributed by atoms with Crippen LogP contribution < -0.4 is 0 Å². The summed E-state index contributed by atoms with van der Waals surface area (Å²) in [7, 11) is 1.28. The van der Waals surface area contributed by atoms with E-state index in [1.54, 1.807) is 13.0 Å². The van der Waals surface area contributed by atoms with Gasteiger partial charge in [0.05, 0.1) is 7.11 Å². The van der Waals surface area contributed by atoms with Crippen LogP contribution >= 0.6 is 11.3 Å². The standard InChI is InChI=1S/C12H12O4S/c1-12(14,10-4-3-7-17-10)9-6-5-8(16-9)11(13)15-2/h3-7,14H,1-2H3. The quantitative estimate of drug-likeness (QED) is 0.852. The fraction of sp³-hybridized carbons (Fsp3) is 0.250. The molecular formula is C12H12O4S. The molecule has 1 atom stereocenters. The summed E-state index contributed by atoms with van der Waals surface area (Å²) in [6.45, 7) is 1.62. The molecule has 4 nitrogen and oxygen atoms in total. The third kappa shape index (κ3) is 2.11. The monoisotopic (exact) mass is 252 g/mol. The summed E-state index contributed by atoms with van der Waals surface area (Å²) in [5.41, 5.74) is -1.24. The molecule has 17 heavy (non-hydrogen) atoms. The molecule has 0 aliphatic carbocycles. The van der Waals surface area contributed by atoms with Gasteiger partial charge in [-0.2, -0.15) is 0 Å². The molecule has 2 rings (SSSR count). The van der Waals surface area contributed by atoms with E-state index in [9.17, 15) is 9.90 Å². The van der Waals surface area contributed by atoms with Crippen molar-refractivity contribution in [1.29, 1.82) is 0 Å². The maximum Gasteiger partial charge on any atom is 0.373 e. The molecule has 0 aliphatic rings. The van der Waals surface area contributed by atoms with E-state index >= 15 is 0 Å². The van der Waals surface area contributed by atoms with Crippen molar-refractivity contribution < 1.29 is 19.1 Å². The van der Waals surface area contributed by atoms with Gasteiger partial charge in [0.1, 0.15) is 5.76 Å². The number of methoxy groups -OCH3 is 1. The van der Waals surface area contributed by atoms with Crippen molar-refractivity contribution in [3.05, 3.63) is 46.0 Å². The number of hydrogen-bond donors (Lipinski definition) is 1. The second-order valence-electron chi connectivity index (χ2n) is 3.70. The lowest BCUT2D eigenvalue weighted by atomic mass is 10.0. The summed E-state index contributed by atoms with van der Waals surface area (Å²) in [5.74, 6) is -0.155. The number of ether oxygens (including phenoxy) is 1. The number of aliphatic hydroxyl groups is 1. The van der Waals surface area contributed by atoms with Crippen molar-refractivity contribution >= 4 is 17.3 Å². The highest BCUT2D eigenvalue weighted by Crippen LogP contribution is 2.33. The second kappa shape index (κ2) is 4.35. The molecule has 2 aromatic heterocycles. The number of rotatable bonds is 3. The summed E-state index contributed by atoms with van der Waals surface area (Å²) in [6.07, 6.45) is 0. The van der Waals surface area contributed by atoms with Crippen LogP contribution in [-0.2, 0) is 10.3 Å². The highest BCUT2D eigenvalue weighted by molar-refractivity contribution is 7.10. The SMILES string of the molecule is COC(=O)c1ccc(C(C)(O)c2cccs2)o1. The Bertz CT molecular complexity index is 510. The van der Waals surface area contributed by atoms with E-state index in [2.05, 4.69) is 4.74 Å². The van der Waals surface area contributed by atoms with Crippen LogP contribution in [0.5, 0.6) is 0 Å². The lowest BCUT2D eigenvalue weighted by Gasteiger charge is -2.18. The predicted octanol–water partition coefficient (Wildman–Crippen LogP) is 2.38. The van der Waals surface area contributed by atoms with Gasteiger partial charge in [0.15, 0.2) is 5.60 Å². The van der Waals surface area contributed by atoms with E-state index in [4.69, 9.17) is 4.42 Å². The number of furan rings is 1. The first-order valence-corrected chi connectivity index (χ1v) is 5.88. The summed E-state index contributed by atoms with van der Waals surface area (Å²) >= 11 is 1.42. The minimum Gasteiger partial charge on any atom is -0.463 e. The zero-order valence-corrected chi connectivity index (χ0v) is 10.3. The van der Waals surface area contributed by atoms with Gasteiger partial charge in [-0.05, 0) is 30.5 Å². The topological polar surface area (TPSA) is 59.7 Å². The number of esters is 1. The second-order valence-corrected chi connectivity index (χ2v) is 4.65. The highest BCUT2D eigenvalue weighted by Gasteiger charge is 2.31. The fourth-order valence-corrected chi connectivity index (χ4v) is 2.28. The molecule has 0 fully saturated rings. The number of carbonyl (C=O) groups excluding carboxylic acids is 1. The van der Waals surface area contributed by atoms with Crippen LogP contribution in [0.2, 0.25) is 0 Å². The Balaban J connectivity index is 2.34. The molecule has 0 aromatic carbocycles. The molecule has 90 valence electrons. The molecule has 1 unspecified atom stereocenters. The van der Waals surface area contributed by atoms with Gasteiger partial charge in [-0.25, -0.2) is 4.79 Å². The van der Waals surface area contributed by atoms with Crippen LogP contribution in [0.1, 0.15) is 28.1 Å². The van der Waals surface area contributed by atoms with Gasteiger partial charge in [0.2, 0.25) is 5.76 Å². The predicted molar refractivity (Wildman–Crippen MR) is 63.0 cm³/mol. The molecule has 0 spiro atoms. The maximum atomic E-state index is 11.2. The average Bonchev–Trinajstić information content (AvgIpc) is 2.98. The number of hydrogen-bond acceptors (Lipinski definition) is 5. The van der Waals surface area contributed by atoms with Crippen molar-refractivity contribution in [1.82, 2.24) is 0 Å². The number of thiophene rings is 1. The first kappa shape index (κ1) is 11.9. The Labute approximate surface area is 102 Å². The maximum absolute atomic E-state index is 11.2. The van der Waals surface area contributed by atoms with E-state index in [0.29, 0.717) is 5.76 Å². The largest absolute Gasteiger partial charge is 0.463 e. The van der Waals surface area contributed by atoms with Crippen LogP contribution in [0.15, 0.2) is 34.1 Å². The third-order valence-corrected chi connectivity index (χ3v) is 3.55.